The fourth-order valence-electron chi connectivity index (χ4n) is 1.94. The Morgan fingerprint density at radius 3 is 2.43 bits per heavy atom. The van der Waals surface area contributed by atoms with Crippen molar-refractivity contribution in [3.05, 3.63) is 53.8 Å². The second-order valence-corrected chi connectivity index (χ2v) is 4.56. The van der Waals surface area contributed by atoms with Crippen LogP contribution in [0.4, 0.5) is 17.6 Å². The van der Waals surface area contributed by atoms with Crippen molar-refractivity contribution in [2.75, 3.05) is 0 Å². The Morgan fingerprint density at radius 1 is 1.13 bits per heavy atom. The lowest BCUT2D eigenvalue weighted by Crippen LogP contribution is -2.17. The Balaban J connectivity index is 2.43. The van der Waals surface area contributed by atoms with Crippen molar-refractivity contribution < 1.29 is 37.3 Å². The van der Waals surface area contributed by atoms with Gasteiger partial charge in [-0.25, -0.2) is 9.18 Å². The second-order valence-electron chi connectivity index (χ2n) is 4.56. The zero-order valence-electron chi connectivity index (χ0n) is 11.3. The number of hydrogen-bond donors (Lipinski definition) is 2. The summed E-state index contributed by atoms with van der Waals surface area (Å²) in [5.74, 6) is -2.86. The highest BCUT2D eigenvalue weighted by molar-refractivity contribution is 5.75. The van der Waals surface area contributed by atoms with Crippen LogP contribution in [0.15, 0.2) is 42.5 Å². The SMILES string of the molecule is O=C(O)C(O)c1ccc(F)c(-c2cccc(OC(F)(F)F)c2)c1. The summed E-state index contributed by atoms with van der Waals surface area (Å²) >= 11 is 0. The van der Waals surface area contributed by atoms with E-state index in [2.05, 4.69) is 4.74 Å². The van der Waals surface area contributed by atoms with Crippen molar-refractivity contribution in [2.45, 2.75) is 12.5 Å². The molecule has 122 valence electrons. The molecule has 8 heteroatoms. The van der Waals surface area contributed by atoms with Crippen LogP contribution >= 0.6 is 0 Å². The maximum absolute atomic E-state index is 13.9. The van der Waals surface area contributed by atoms with E-state index in [9.17, 15) is 27.5 Å². The molecular weight excluding hydrogens is 320 g/mol. The van der Waals surface area contributed by atoms with Crippen LogP contribution < -0.4 is 4.74 Å². The van der Waals surface area contributed by atoms with Gasteiger partial charge in [-0.05, 0) is 35.4 Å². The molecule has 0 fully saturated rings. The number of aliphatic carboxylic acids is 1. The van der Waals surface area contributed by atoms with Crippen molar-refractivity contribution in [1.29, 1.82) is 0 Å². The van der Waals surface area contributed by atoms with Crippen LogP contribution in [0.1, 0.15) is 11.7 Å². The molecule has 1 unspecified atom stereocenters. The minimum Gasteiger partial charge on any atom is -0.479 e. The van der Waals surface area contributed by atoms with Gasteiger partial charge < -0.3 is 14.9 Å². The lowest BCUT2D eigenvalue weighted by molar-refractivity contribution is -0.274. The first-order valence-electron chi connectivity index (χ1n) is 6.24. The largest absolute Gasteiger partial charge is 0.573 e. The standard InChI is InChI=1S/C15H10F4O4/c16-12-5-4-9(13(20)14(21)22)7-11(12)8-2-1-3-10(6-8)23-15(17,18)19/h1-7,13,20H,(H,21,22). The molecule has 2 aromatic rings. The van der Waals surface area contributed by atoms with E-state index < -0.39 is 30.0 Å². The van der Waals surface area contributed by atoms with Gasteiger partial charge in [-0.15, -0.1) is 13.2 Å². The van der Waals surface area contributed by atoms with E-state index >= 15 is 0 Å². The van der Waals surface area contributed by atoms with Gasteiger partial charge in [0, 0.05) is 5.56 Å². The quantitative estimate of drug-likeness (QED) is 0.842. The van der Waals surface area contributed by atoms with Crippen LogP contribution in [0, 0.1) is 5.82 Å². The number of ether oxygens (including phenoxy) is 1. The maximum Gasteiger partial charge on any atom is 0.573 e. The summed E-state index contributed by atoms with van der Waals surface area (Å²) < 4.78 is 54.3. The van der Waals surface area contributed by atoms with Gasteiger partial charge in [0.05, 0.1) is 0 Å². The summed E-state index contributed by atoms with van der Waals surface area (Å²) in [6, 6.07) is 7.63. The van der Waals surface area contributed by atoms with Gasteiger partial charge in [0.1, 0.15) is 11.6 Å². The number of halogens is 4. The molecule has 0 aliphatic heterocycles. The van der Waals surface area contributed by atoms with Gasteiger partial charge in [0.2, 0.25) is 0 Å². The third kappa shape index (κ3) is 4.19. The van der Waals surface area contributed by atoms with Gasteiger partial charge in [-0.2, -0.15) is 0 Å². The van der Waals surface area contributed by atoms with Gasteiger partial charge in [0.25, 0.3) is 0 Å². The lowest BCUT2D eigenvalue weighted by atomic mass is 10.00. The third-order valence-corrected chi connectivity index (χ3v) is 2.92. The van der Waals surface area contributed by atoms with E-state index in [0.717, 1.165) is 30.3 Å². The maximum atomic E-state index is 13.9. The molecule has 23 heavy (non-hydrogen) atoms. The van der Waals surface area contributed by atoms with Crippen LogP contribution in [0.2, 0.25) is 0 Å². The molecule has 0 spiro atoms. The topological polar surface area (TPSA) is 66.8 Å². The van der Waals surface area contributed by atoms with E-state index in [1.54, 1.807) is 0 Å². The van der Waals surface area contributed by atoms with Crippen LogP contribution in [0.25, 0.3) is 11.1 Å². The number of carbonyl (C=O) groups is 1. The lowest BCUT2D eigenvalue weighted by Gasteiger charge is -2.12. The van der Waals surface area contributed by atoms with E-state index in [4.69, 9.17) is 5.11 Å². The minimum atomic E-state index is -4.89. The average Bonchev–Trinajstić information content (AvgIpc) is 2.45. The monoisotopic (exact) mass is 330 g/mol. The highest BCUT2D eigenvalue weighted by atomic mass is 19.4. The zero-order valence-corrected chi connectivity index (χ0v) is 11.3. The number of alkyl halides is 3. The molecule has 2 aromatic carbocycles. The molecule has 0 aliphatic carbocycles. The number of aliphatic hydroxyl groups excluding tert-OH is 1. The van der Waals surface area contributed by atoms with E-state index in [-0.39, 0.29) is 16.7 Å². The van der Waals surface area contributed by atoms with E-state index in [0.29, 0.717) is 0 Å². The molecular formula is C15H10F4O4. The first-order valence-corrected chi connectivity index (χ1v) is 6.24. The molecule has 0 heterocycles. The highest BCUT2D eigenvalue weighted by Crippen LogP contribution is 2.31. The number of carboxylic acids is 1. The molecule has 2 N–H and O–H groups in total. The number of aliphatic hydroxyl groups is 1. The summed E-state index contributed by atoms with van der Waals surface area (Å²) in [7, 11) is 0. The predicted molar refractivity (Wildman–Crippen MR) is 71.1 cm³/mol. The van der Waals surface area contributed by atoms with Gasteiger partial charge in [-0.3, -0.25) is 0 Å². The van der Waals surface area contributed by atoms with E-state index in [1.165, 1.54) is 12.1 Å². The number of rotatable bonds is 4. The van der Waals surface area contributed by atoms with Crippen molar-refractivity contribution in [3.63, 3.8) is 0 Å². The molecule has 0 amide bonds. The normalized spacial score (nSPS) is 12.7. The Kier molecular flexibility index (Phi) is 4.55. The van der Waals surface area contributed by atoms with Gasteiger partial charge >= 0.3 is 12.3 Å². The zero-order chi connectivity index (χ0) is 17.2. The van der Waals surface area contributed by atoms with Crippen molar-refractivity contribution in [3.8, 4) is 16.9 Å². The van der Waals surface area contributed by atoms with E-state index in [1.807, 2.05) is 0 Å². The molecule has 0 bridgehead atoms. The third-order valence-electron chi connectivity index (χ3n) is 2.92. The summed E-state index contributed by atoms with van der Waals surface area (Å²) in [4.78, 5) is 10.8. The molecule has 0 saturated carbocycles. The first-order chi connectivity index (χ1) is 10.7. The van der Waals surface area contributed by atoms with Crippen LogP contribution in [-0.4, -0.2) is 22.5 Å². The van der Waals surface area contributed by atoms with Crippen LogP contribution in [0.3, 0.4) is 0 Å². The molecule has 1 atom stereocenters. The van der Waals surface area contributed by atoms with Crippen molar-refractivity contribution in [1.82, 2.24) is 0 Å². The summed E-state index contributed by atoms with van der Waals surface area (Å²) in [5.41, 5.74) is -0.213. The molecule has 0 saturated heterocycles. The molecule has 4 nitrogen and oxygen atoms in total. The van der Waals surface area contributed by atoms with Gasteiger partial charge in [-0.1, -0.05) is 18.2 Å². The van der Waals surface area contributed by atoms with Crippen LogP contribution in [-0.2, 0) is 4.79 Å². The Labute approximate surface area is 127 Å². The summed E-state index contributed by atoms with van der Waals surface area (Å²) in [6.45, 7) is 0. The first kappa shape index (κ1) is 16.8. The second kappa shape index (κ2) is 6.25. The van der Waals surface area contributed by atoms with Crippen LogP contribution in [0.5, 0.6) is 5.75 Å². The summed E-state index contributed by atoms with van der Waals surface area (Å²) in [6.07, 6.45) is -6.76. The number of benzene rings is 2. The molecule has 0 aromatic heterocycles. The Morgan fingerprint density at radius 2 is 1.83 bits per heavy atom. The number of carboxylic acid groups (broad SMARTS) is 1. The highest BCUT2D eigenvalue weighted by Gasteiger charge is 2.31. The van der Waals surface area contributed by atoms with Gasteiger partial charge in [0.15, 0.2) is 6.10 Å². The average molecular weight is 330 g/mol. The molecule has 0 radical (unpaired) electrons. The Bertz CT molecular complexity index is 728. The minimum absolute atomic E-state index is 0.0451. The molecule has 2 rings (SSSR count). The van der Waals surface area contributed by atoms with Crippen molar-refractivity contribution >= 4 is 5.97 Å². The molecule has 0 aliphatic rings. The Hall–Kier alpha value is -2.61. The van der Waals surface area contributed by atoms with Crippen molar-refractivity contribution in [2.24, 2.45) is 0 Å². The number of hydrogen-bond acceptors (Lipinski definition) is 3. The fraction of sp³-hybridized carbons (Fsp3) is 0.133. The summed E-state index contributed by atoms with van der Waals surface area (Å²) in [5, 5.41) is 18.2. The fourth-order valence-corrected chi connectivity index (χ4v) is 1.94. The predicted octanol–water partition coefficient (Wildman–Crippen LogP) is 3.51. The smallest absolute Gasteiger partial charge is 0.479 e.